The van der Waals surface area contributed by atoms with E-state index in [-0.39, 0.29) is 6.10 Å². The summed E-state index contributed by atoms with van der Waals surface area (Å²) in [5, 5.41) is 16.1. The zero-order valence-corrected chi connectivity index (χ0v) is 9.83. The summed E-state index contributed by atoms with van der Waals surface area (Å²) in [5.74, 6) is 0. The van der Waals surface area contributed by atoms with E-state index in [2.05, 4.69) is 6.92 Å². The Balaban J connectivity index is 0. The fraction of sp³-hybridized carbons (Fsp3) is 1.00. The molecular formula is C11H26O3. The molecular weight excluding hydrogens is 180 g/mol. The Labute approximate surface area is 88.1 Å². The van der Waals surface area contributed by atoms with E-state index in [0.29, 0.717) is 6.61 Å². The Hall–Kier alpha value is -0.120. The summed E-state index contributed by atoms with van der Waals surface area (Å²) < 4.78 is 4.94. The van der Waals surface area contributed by atoms with E-state index >= 15 is 0 Å². The van der Waals surface area contributed by atoms with Gasteiger partial charge in [-0.3, -0.25) is 0 Å². The zero-order valence-electron chi connectivity index (χ0n) is 9.83. The fourth-order valence-electron chi connectivity index (χ4n) is 0.668. The van der Waals surface area contributed by atoms with Crippen LogP contribution in [0.3, 0.4) is 0 Å². The van der Waals surface area contributed by atoms with E-state index in [1.165, 1.54) is 12.8 Å². The molecule has 1 saturated heterocycles. The molecule has 1 fully saturated rings. The summed E-state index contributed by atoms with van der Waals surface area (Å²) in [5.41, 5.74) is 0. The van der Waals surface area contributed by atoms with Crippen LogP contribution in [0.25, 0.3) is 0 Å². The van der Waals surface area contributed by atoms with Crippen LogP contribution in [-0.4, -0.2) is 36.1 Å². The molecule has 0 spiro atoms. The van der Waals surface area contributed by atoms with E-state index in [1.807, 2.05) is 0 Å². The first-order chi connectivity index (χ1) is 6.65. The lowest BCUT2D eigenvalue weighted by molar-refractivity contribution is 0.198. The highest BCUT2D eigenvalue weighted by molar-refractivity contribution is 4.43. The molecule has 0 aromatic rings. The maximum absolute atomic E-state index is 8.07. The van der Waals surface area contributed by atoms with Gasteiger partial charge in [0.05, 0.1) is 0 Å². The van der Waals surface area contributed by atoms with E-state index in [0.717, 1.165) is 26.1 Å². The normalized spacial score (nSPS) is 14.1. The number of ether oxygens (including phenoxy) is 1. The molecule has 0 aliphatic carbocycles. The summed E-state index contributed by atoms with van der Waals surface area (Å²) in [6, 6.07) is 0. The van der Waals surface area contributed by atoms with Crippen LogP contribution in [0.1, 0.15) is 46.5 Å². The molecule has 0 bridgehead atoms. The predicted octanol–water partition coefficient (Wildman–Crippen LogP) is 1.96. The first kappa shape index (κ1) is 16.3. The van der Waals surface area contributed by atoms with Crippen molar-refractivity contribution >= 4 is 0 Å². The average molecular weight is 206 g/mol. The largest absolute Gasteiger partial charge is 0.396 e. The average Bonchev–Trinajstić information content (AvgIpc) is 2.61. The molecule has 0 saturated carbocycles. The quantitative estimate of drug-likeness (QED) is 0.726. The maximum Gasteiger partial charge on any atom is 0.0483 e. The molecule has 1 aliphatic rings. The highest BCUT2D eigenvalue weighted by atomic mass is 16.5. The van der Waals surface area contributed by atoms with Crippen LogP contribution in [-0.2, 0) is 4.74 Å². The van der Waals surface area contributed by atoms with Crippen molar-refractivity contribution in [3.05, 3.63) is 0 Å². The minimum Gasteiger partial charge on any atom is -0.396 e. The zero-order chi connectivity index (χ0) is 11.2. The lowest BCUT2D eigenvalue weighted by Gasteiger charge is -1.80. The van der Waals surface area contributed by atoms with E-state index in [9.17, 15) is 0 Å². The number of hydrogen-bond donors (Lipinski definition) is 2. The van der Waals surface area contributed by atoms with Crippen molar-refractivity contribution in [2.75, 3.05) is 19.8 Å². The van der Waals surface area contributed by atoms with Crippen LogP contribution in [0.2, 0.25) is 0 Å². The van der Waals surface area contributed by atoms with Gasteiger partial charge in [-0.1, -0.05) is 13.3 Å². The lowest BCUT2D eigenvalue weighted by atomic mass is 10.4. The van der Waals surface area contributed by atoms with Crippen LogP contribution < -0.4 is 0 Å². The molecule has 88 valence electrons. The Morgan fingerprint density at radius 1 is 1.21 bits per heavy atom. The van der Waals surface area contributed by atoms with Gasteiger partial charge in [0.1, 0.15) is 0 Å². The minimum absolute atomic E-state index is 0.167. The molecule has 0 unspecified atom stereocenters. The van der Waals surface area contributed by atoms with Gasteiger partial charge in [0.25, 0.3) is 0 Å². The molecule has 14 heavy (non-hydrogen) atoms. The third-order valence-corrected chi connectivity index (χ3v) is 1.34. The molecule has 3 heteroatoms. The Morgan fingerprint density at radius 2 is 1.64 bits per heavy atom. The summed E-state index contributed by atoms with van der Waals surface area (Å²) in [6.45, 7) is 7.84. The molecule has 0 amide bonds. The predicted molar refractivity (Wildman–Crippen MR) is 59.4 cm³/mol. The Kier molecular flexibility index (Phi) is 17.9. The second-order valence-corrected chi connectivity index (χ2v) is 3.49. The van der Waals surface area contributed by atoms with Crippen LogP contribution in [0, 0.1) is 0 Å². The van der Waals surface area contributed by atoms with Gasteiger partial charge >= 0.3 is 0 Å². The fourth-order valence-corrected chi connectivity index (χ4v) is 0.668. The summed E-state index contributed by atoms with van der Waals surface area (Å²) >= 11 is 0. The minimum atomic E-state index is -0.167. The molecule has 0 aromatic carbocycles. The standard InChI is InChI=1S/C4H8O.C4H10O.C3H8O/c1-2-4-5-3-1;1-2-3-4-5;1-3(2)4/h1-4H2;5H,2-4H2,1H3;3-4H,1-2H3. The number of hydrogen-bond acceptors (Lipinski definition) is 3. The Bertz CT molecular complexity index is 68.2. The van der Waals surface area contributed by atoms with Gasteiger partial charge in [-0.2, -0.15) is 0 Å². The van der Waals surface area contributed by atoms with Crippen molar-refractivity contribution in [2.24, 2.45) is 0 Å². The van der Waals surface area contributed by atoms with E-state index < -0.39 is 0 Å². The van der Waals surface area contributed by atoms with E-state index in [4.69, 9.17) is 14.9 Å². The third kappa shape index (κ3) is 29.7. The summed E-state index contributed by atoms with van der Waals surface area (Å²) in [6.07, 6.45) is 4.43. The van der Waals surface area contributed by atoms with Crippen molar-refractivity contribution in [1.29, 1.82) is 0 Å². The van der Waals surface area contributed by atoms with E-state index in [1.54, 1.807) is 13.8 Å². The van der Waals surface area contributed by atoms with Crippen molar-refractivity contribution < 1.29 is 14.9 Å². The second kappa shape index (κ2) is 15.4. The first-order valence-electron chi connectivity index (χ1n) is 5.51. The molecule has 1 heterocycles. The molecule has 0 aromatic heterocycles. The van der Waals surface area contributed by atoms with Crippen molar-refractivity contribution in [1.82, 2.24) is 0 Å². The molecule has 2 N–H and O–H groups in total. The van der Waals surface area contributed by atoms with Gasteiger partial charge in [-0.05, 0) is 33.1 Å². The summed E-state index contributed by atoms with van der Waals surface area (Å²) in [4.78, 5) is 0. The monoisotopic (exact) mass is 206 g/mol. The maximum atomic E-state index is 8.07. The van der Waals surface area contributed by atoms with Crippen LogP contribution in [0.15, 0.2) is 0 Å². The Morgan fingerprint density at radius 3 is 1.71 bits per heavy atom. The van der Waals surface area contributed by atoms with Crippen molar-refractivity contribution in [3.8, 4) is 0 Å². The smallest absolute Gasteiger partial charge is 0.0483 e. The lowest BCUT2D eigenvalue weighted by Crippen LogP contribution is -1.85. The molecule has 1 aliphatic heterocycles. The van der Waals surface area contributed by atoms with Gasteiger partial charge in [0, 0.05) is 25.9 Å². The van der Waals surface area contributed by atoms with Gasteiger partial charge in [0.15, 0.2) is 0 Å². The van der Waals surface area contributed by atoms with Crippen LogP contribution in [0.4, 0.5) is 0 Å². The summed E-state index contributed by atoms with van der Waals surface area (Å²) in [7, 11) is 0. The molecule has 0 atom stereocenters. The molecule has 1 rings (SSSR count). The van der Waals surface area contributed by atoms with Gasteiger partial charge in [-0.25, -0.2) is 0 Å². The SMILES string of the molecule is C1CCOC1.CC(C)O.CCCCO. The number of rotatable bonds is 2. The number of aliphatic hydroxyl groups excluding tert-OH is 2. The van der Waals surface area contributed by atoms with Gasteiger partial charge < -0.3 is 14.9 Å². The van der Waals surface area contributed by atoms with Crippen LogP contribution in [0.5, 0.6) is 0 Å². The third-order valence-electron chi connectivity index (χ3n) is 1.34. The van der Waals surface area contributed by atoms with Gasteiger partial charge in [-0.15, -0.1) is 0 Å². The topological polar surface area (TPSA) is 49.7 Å². The van der Waals surface area contributed by atoms with Crippen molar-refractivity contribution in [2.45, 2.75) is 52.6 Å². The van der Waals surface area contributed by atoms with Crippen LogP contribution >= 0.6 is 0 Å². The first-order valence-corrected chi connectivity index (χ1v) is 5.51. The highest BCUT2D eigenvalue weighted by Gasteiger charge is 1.94. The molecule has 0 radical (unpaired) electrons. The molecule has 3 nitrogen and oxygen atoms in total. The van der Waals surface area contributed by atoms with Crippen molar-refractivity contribution in [3.63, 3.8) is 0 Å². The van der Waals surface area contributed by atoms with Gasteiger partial charge in [0.2, 0.25) is 0 Å². The number of unbranched alkanes of at least 4 members (excludes halogenated alkanes) is 1. The number of aliphatic hydroxyl groups is 2. The highest BCUT2D eigenvalue weighted by Crippen LogP contribution is 1.98. The second-order valence-electron chi connectivity index (χ2n) is 3.49.